The molecule has 0 fully saturated rings. The average Bonchev–Trinajstić information content (AvgIpc) is 2.29. The fraction of sp³-hybridized carbons (Fsp3) is 0.100. The highest BCUT2D eigenvalue weighted by Crippen LogP contribution is 2.17. The Balaban J connectivity index is 2.37. The molecule has 0 saturated carbocycles. The van der Waals surface area contributed by atoms with Crippen LogP contribution >= 0.6 is 0 Å². The van der Waals surface area contributed by atoms with E-state index in [0.29, 0.717) is 17.4 Å². The molecular formula is C10H10N4O. The van der Waals surface area contributed by atoms with Gasteiger partial charge in [-0.2, -0.15) is 0 Å². The van der Waals surface area contributed by atoms with Crippen molar-refractivity contribution in [2.75, 3.05) is 12.8 Å². The van der Waals surface area contributed by atoms with Crippen LogP contribution < -0.4 is 10.5 Å². The highest BCUT2D eigenvalue weighted by atomic mass is 16.5. The van der Waals surface area contributed by atoms with E-state index in [1.165, 1.54) is 6.20 Å². The average molecular weight is 202 g/mol. The standard InChI is InChI=1S/C10H10N4O/c1-15-10-3-2-7(4-13-10)8-5-12-6-9(11)14-8/h2-6H,1H3,(H2,11,14). The molecular weight excluding hydrogens is 192 g/mol. The lowest BCUT2D eigenvalue weighted by molar-refractivity contribution is 0.398. The first-order valence-corrected chi connectivity index (χ1v) is 4.37. The molecule has 0 aromatic carbocycles. The van der Waals surface area contributed by atoms with Crippen molar-refractivity contribution in [2.24, 2.45) is 0 Å². The molecule has 0 amide bonds. The normalized spacial score (nSPS) is 9.93. The van der Waals surface area contributed by atoms with Gasteiger partial charge in [-0.3, -0.25) is 4.98 Å². The van der Waals surface area contributed by atoms with Crippen LogP contribution in [0.3, 0.4) is 0 Å². The van der Waals surface area contributed by atoms with Gasteiger partial charge in [0, 0.05) is 17.8 Å². The maximum atomic E-state index is 5.53. The highest BCUT2D eigenvalue weighted by molar-refractivity contribution is 5.58. The lowest BCUT2D eigenvalue weighted by Crippen LogP contribution is -1.94. The zero-order valence-electron chi connectivity index (χ0n) is 8.21. The van der Waals surface area contributed by atoms with E-state index in [1.807, 2.05) is 6.07 Å². The molecule has 15 heavy (non-hydrogen) atoms. The summed E-state index contributed by atoms with van der Waals surface area (Å²) in [5, 5.41) is 0. The first kappa shape index (κ1) is 9.39. The molecule has 0 aliphatic heterocycles. The van der Waals surface area contributed by atoms with Crippen LogP contribution in [0.5, 0.6) is 5.88 Å². The Kier molecular flexibility index (Phi) is 2.45. The van der Waals surface area contributed by atoms with Gasteiger partial charge in [0.2, 0.25) is 5.88 Å². The molecule has 0 aliphatic carbocycles. The van der Waals surface area contributed by atoms with Crippen molar-refractivity contribution in [3.05, 3.63) is 30.7 Å². The van der Waals surface area contributed by atoms with Gasteiger partial charge in [-0.25, -0.2) is 9.97 Å². The predicted octanol–water partition coefficient (Wildman–Crippen LogP) is 1.13. The first-order valence-electron chi connectivity index (χ1n) is 4.37. The number of hydrogen-bond acceptors (Lipinski definition) is 5. The van der Waals surface area contributed by atoms with Crippen molar-refractivity contribution in [1.82, 2.24) is 15.0 Å². The van der Waals surface area contributed by atoms with E-state index in [1.54, 1.807) is 25.6 Å². The lowest BCUT2D eigenvalue weighted by Gasteiger charge is -2.02. The fourth-order valence-corrected chi connectivity index (χ4v) is 1.17. The molecule has 2 heterocycles. The second kappa shape index (κ2) is 3.91. The summed E-state index contributed by atoms with van der Waals surface area (Å²) >= 11 is 0. The Morgan fingerprint density at radius 3 is 2.67 bits per heavy atom. The third-order valence-corrected chi connectivity index (χ3v) is 1.89. The van der Waals surface area contributed by atoms with Crippen LogP contribution in [0.1, 0.15) is 0 Å². The SMILES string of the molecule is COc1ccc(-c2cncc(N)n2)cn1. The number of aromatic nitrogens is 3. The molecule has 0 radical (unpaired) electrons. The highest BCUT2D eigenvalue weighted by Gasteiger charge is 2.01. The Bertz CT molecular complexity index is 455. The number of rotatable bonds is 2. The predicted molar refractivity (Wildman–Crippen MR) is 56.2 cm³/mol. The Labute approximate surface area is 87.0 Å². The zero-order chi connectivity index (χ0) is 10.7. The van der Waals surface area contributed by atoms with Crippen molar-refractivity contribution >= 4 is 5.82 Å². The molecule has 2 aromatic heterocycles. The summed E-state index contributed by atoms with van der Waals surface area (Å²) in [6.45, 7) is 0. The molecule has 0 atom stereocenters. The summed E-state index contributed by atoms with van der Waals surface area (Å²) in [6, 6.07) is 3.62. The third-order valence-electron chi connectivity index (χ3n) is 1.89. The molecule has 0 unspecified atom stereocenters. The second-order valence-corrected chi connectivity index (χ2v) is 2.92. The molecule has 2 N–H and O–H groups in total. The molecule has 0 saturated heterocycles. The van der Waals surface area contributed by atoms with Crippen LogP contribution in [0.2, 0.25) is 0 Å². The Hall–Kier alpha value is -2.17. The van der Waals surface area contributed by atoms with Crippen molar-refractivity contribution in [3.8, 4) is 17.1 Å². The van der Waals surface area contributed by atoms with E-state index >= 15 is 0 Å². The third kappa shape index (κ3) is 2.01. The summed E-state index contributed by atoms with van der Waals surface area (Å²) in [6.07, 6.45) is 4.81. The van der Waals surface area contributed by atoms with Gasteiger partial charge in [-0.1, -0.05) is 0 Å². The van der Waals surface area contributed by atoms with Gasteiger partial charge >= 0.3 is 0 Å². The molecule has 76 valence electrons. The van der Waals surface area contributed by atoms with Gasteiger partial charge in [-0.05, 0) is 6.07 Å². The minimum Gasteiger partial charge on any atom is -0.481 e. The monoisotopic (exact) mass is 202 g/mol. The number of nitrogen functional groups attached to an aromatic ring is 1. The molecule has 0 bridgehead atoms. The summed E-state index contributed by atoms with van der Waals surface area (Å²) in [5.41, 5.74) is 7.09. The van der Waals surface area contributed by atoms with Gasteiger partial charge in [0.05, 0.1) is 25.2 Å². The number of nitrogens with zero attached hydrogens (tertiary/aromatic N) is 3. The van der Waals surface area contributed by atoms with Crippen LogP contribution in [-0.4, -0.2) is 22.1 Å². The maximum absolute atomic E-state index is 5.53. The number of ether oxygens (including phenoxy) is 1. The van der Waals surface area contributed by atoms with E-state index in [4.69, 9.17) is 10.5 Å². The molecule has 5 nitrogen and oxygen atoms in total. The zero-order valence-corrected chi connectivity index (χ0v) is 8.21. The van der Waals surface area contributed by atoms with Crippen LogP contribution in [0.25, 0.3) is 11.3 Å². The van der Waals surface area contributed by atoms with Crippen LogP contribution in [0, 0.1) is 0 Å². The van der Waals surface area contributed by atoms with Gasteiger partial charge < -0.3 is 10.5 Å². The smallest absolute Gasteiger partial charge is 0.212 e. The van der Waals surface area contributed by atoms with Gasteiger partial charge in [0.15, 0.2) is 0 Å². The van der Waals surface area contributed by atoms with E-state index in [-0.39, 0.29) is 0 Å². The van der Waals surface area contributed by atoms with Crippen LogP contribution in [0.15, 0.2) is 30.7 Å². The molecule has 0 spiro atoms. The maximum Gasteiger partial charge on any atom is 0.212 e. The summed E-state index contributed by atoms with van der Waals surface area (Å²) in [4.78, 5) is 12.2. The minimum atomic E-state index is 0.392. The number of nitrogens with two attached hydrogens (primary N) is 1. The quantitative estimate of drug-likeness (QED) is 0.790. The number of anilines is 1. The second-order valence-electron chi connectivity index (χ2n) is 2.92. The molecule has 2 rings (SSSR count). The van der Waals surface area contributed by atoms with Gasteiger partial charge in [0.1, 0.15) is 5.82 Å². The van der Waals surface area contributed by atoms with E-state index in [2.05, 4.69) is 15.0 Å². The van der Waals surface area contributed by atoms with Gasteiger partial charge in [0.25, 0.3) is 0 Å². The van der Waals surface area contributed by atoms with Crippen molar-refractivity contribution < 1.29 is 4.74 Å². The molecule has 2 aromatic rings. The number of hydrogen-bond donors (Lipinski definition) is 1. The van der Waals surface area contributed by atoms with Crippen LogP contribution in [0.4, 0.5) is 5.82 Å². The number of pyridine rings is 1. The Morgan fingerprint density at radius 1 is 1.20 bits per heavy atom. The summed E-state index contributed by atoms with van der Waals surface area (Å²) in [7, 11) is 1.57. The van der Waals surface area contributed by atoms with E-state index in [9.17, 15) is 0 Å². The van der Waals surface area contributed by atoms with Crippen molar-refractivity contribution in [3.63, 3.8) is 0 Å². The fourth-order valence-electron chi connectivity index (χ4n) is 1.17. The van der Waals surface area contributed by atoms with Gasteiger partial charge in [-0.15, -0.1) is 0 Å². The van der Waals surface area contributed by atoms with E-state index < -0.39 is 0 Å². The lowest BCUT2D eigenvalue weighted by atomic mass is 10.2. The summed E-state index contributed by atoms with van der Waals surface area (Å²) in [5.74, 6) is 0.957. The topological polar surface area (TPSA) is 73.9 Å². The van der Waals surface area contributed by atoms with Crippen LogP contribution in [-0.2, 0) is 0 Å². The minimum absolute atomic E-state index is 0.392. The molecule has 5 heteroatoms. The Morgan fingerprint density at radius 2 is 2.07 bits per heavy atom. The summed E-state index contributed by atoms with van der Waals surface area (Å²) < 4.78 is 4.96. The van der Waals surface area contributed by atoms with Crippen molar-refractivity contribution in [2.45, 2.75) is 0 Å². The first-order chi connectivity index (χ1) is 7.29. The van der Waals surface area contributed by atoms with E-state index in [0.717, 1.165) is 5.56 Å². The molecule has 0 aliphatic rings. The number of methoxy groups -OCH3 is 1. The van der Waals surface area contributed by atoms with Crippen molar-refractivity contribution in [1.29, 1.82) is 0 Å². The largest absolute Gasteiger partial charge is 0.481 e.